The standard InChI is InChI=1S/C9H12N2O/c1-4-7(1)12-11-9(4)8-5-2-10-3-6(5)8/h4-8,10H,1-3H2/t4?,5-,6+,7?,8?. The molecule has 4 aliphatic rings. The van der Waals surface area contributed by atoms with Gasteiger partial charge in [-0.15, -0.1) is 0 Å². The van der Waals surface area contributed by atoms with Gasteiger partial charge in [-0.2, -0.15) is 0 Å². The van der Waals surface area contributed by atoms with Crippen LogP contribution in [0.4, 0.5) is 0 Å². The first kappa shape index (κ1) is 5.97. The number of fused-ring (bicyclic) bond motifs is 2. The summed E-state index contributed by atoms with van der Waals surface area (Å²) in [7, 11) is 0. The number of hydrogen-bond acceptors (Lipinski definition) is 3. The normalized spacial score (nSPS) is 58.7. The quantitative estimate of drug-likeness (QED) is 0.601. The number of rotatable bonds is 1. The van der Waals surface area contributed by atoms with Crippen LogP contribution in [0.5, 0.6) is 0 Å². The van der Waals surface area contributed by atoms with Crippen molar-refractivity contribution in [2.24, 2.45) is 28.8 Å². The predicted molar refractivity (Wildman–Crippen MR) is 43.8 cm³/mol. The molecule has 3 nitrogen and oxygen atoms in total. The molecule has 2 aliphatic carbocycles. The molecule has 0 radical (unpaired) electrons. The molecule has 1 N–H and O–H groups in total. The van der Waals surface area contributed by atoms with Crippen molar-refractivity contribution in [3.63, 3.8) is 0 Å². The van der Waals surface area contributed by atoms with Gasteiger partial charge in [-0.1, -0.05) is 5.16 Å². The Morgan fingerprint density at radius 1 is 1.33 bits per heavy atom. The minimum absolute atomic E-state index is 0.495. The van der Waals surface area contributed by atoms with E-state index in [-0.39, 0.29) is 0 Å². The summed E-state index contributed by atoms with van der Waals surface area (Å²) in [4.78, 5) is 5.27. The molecular formula is C9H12N2O. The molecule has 64 valence electrons. The summed E-state index contributed by atoms with van der Waals surface area (Å²) < 4.78 is 0. The minimum atomic E-state index is 0.495. The van der Waals surface area contributed by atoms with Crippen LogP contribution < -0.4 is 5.32 Å². The van der Waals surface area contributed by atoms with E-state index in [0.717, 1.165) is 23.7 Å². The Labute approximate surface area is 71.1 Å². The van der Waals surface area contributed by atoms with Crippen LogP contribution >= 0.6 is 0 Å². The number of nitrogens with zero attached hydrogens (tertiary/aromatic N) is 1. The van der Waals surface area contributed by atoms with Crippen LogP contribution in [0.1, 0.15) is 6.42 Å². The third-order valence-corrected chi connectivity index (χ3v) is 3.84. The van der Waals surface area contributed by atoms with E-state index in [1.54, 1.807) is 0 Å². The lowest BCUT2D eigenvalue weighted by Gasteiger charge is -2.02. The van der Waals surface area contributed by atoms with Gasteiger partial charge in [0.05, 0.1) is 5.71 Å². The van der Waals surface area contributed by atoms with Crippen molar-refractivity contribution < 1.29 is 4.84 Å². The molecule has 5 atom stereocenters. The monoisotopic (exact) mass is 164 g/mol. The zero-order valence-electron chi connectivity index (χ0n) is 6.86. The third-order valence-electron chi connectivity index (χ3n) is 3.84. The number of hydrogen-bond donors (Lipinski definition) is 1. The summed E-state index contributed by atoms with van der Waals surface area (Å²) in [5.41, 5.74) is 1.41. The van der Waals surface area contributed by atoms with Crippen LogP contribution in [0, 0.1) is 23.7 Å². The van der Waals surface area contributed by atoms with Gasteiger partial charge in [-0.25, -0.2) is 0 Å². The summed E-state index contributed by atoms with van der Waals surface area (Å²) in [5, 5.41) is 7.61. The van der Waals surface area contributed by atoms with Gasteiger partial charge in [0.25, 0.3) is 0 Å². The summed E-state index contributed by atoms with van der Waals surface area (Å²) >= 11 is 0. The Balaban J connectivity index is 1.60. The Kier molecular flexibility index (Phi) is 0.841. The number of piperidine rings is 1. The fraction of sp³-hybridized carbons (Fsp3) is 0.889. The molecule has 0 bridgehead atoms. The van der Waals surface area contributed by atoms with Gasteiger partial charge in [0.15, 0.2) is 0 Å². The molecule has 0 aromatic heterocycles. The second kappa shape index (κ2) is 1.69. The molecule has 1 saturated heterocycles. The van der Waals surface area contributed by atoms with E-state index in [2.05, 4.69) is 10.5 Å². The molecule has 3 heteroatoms. The average molecular weight is 164 g/mol. The molecular weight excluding hydrogens is 152 g/mol. The average Bonchev–Trinajstić information content (AvgIpc) is 2.91. The van der Waals surface area contributed by atoms with Gasteiger partial charge < -0.3 is 10.2 Å². The topological polar surface area (TPSA) is 33.6 Å². The van der Waals surface area contributed by atoms with Crippen LogP contribution in [-0.4, -0.2) is 24.9 Å². The van der Waals surface area contributed by atoms with Crippen molar-refractivity contribution >= 4 is 5.71 Å². The van der Waals surface area contributed by atoms with Crippen molar-refractivity contribution in [1.82, 2.24) is 5.32 Å². The Morgan fingerprint density at radius 3 is 2.75 bits per heavy atom. The van der Waals surface area contributed by atoms with Crippen molar-refractivity contribution in [2.75, 3.05) is 13.1 Å². The summed E-state index contributed by atoms with van der Waals surface area (Å²) in [6.45, 7) is 2.43. The highest BCUT2D eigenvalue weighted by molar-refractivity contribution is 5.95. The predicted octanol–water partition coefficient (Wildman–Crippen LogP) is 0.226. The zero-order valence-corrected chi connectivity index (χ0v) is 6.86. The van der Waals surface area contributed by atoms with Gasteiger partial charge >= 0.3 is 0 Å². The van der Waals surface area contributed by atoms with Gasteiger partial charge in [0.1, 0.15) is 6.10 Å². The van der Waals surface area contributed by atoms with Crippen molar-refractivity contribution in [3.05, 3.63) is 0 Å². The van der Waals surface area contributed by atoms with Crippen LogP contribution in [0.2, 0.25) is 0 Å². The summed E-state index contributed by atoms with van der Waals surface area (Å²) in [6.07, 6.45) is 1.75. The summed E-state index contributed by atoms with van der Waals surface area (Å²) in [5.74, 6) is 3.36. The third kappa shape index (κ3) is 0.565. The zero-order chi connectivity index (χ0) is 7.71. The molecule has 3 fully saturated rings. The lowest BCUT2D eigenvalue weighted by atomic mass is 10.1. The maximum absolute atomic E-state index is 5.27. The number of oxime groups is 1. The smallest absolute Gasteiger partial charge is 0.136 e. The Hall–Kier alpha value is -0.570. The molecule has 0 aromatic carbocycles. The first-order chi connectivity index (χ1) is 5.95. The lowest BCUT2D eigenvalue weighted by Crippen LogP contribution is -2.19. The van der Waals surface area contributed by atoms with Crippen molar-refractivity contribution in [3.8, 4) is 0 Å². The van der Waals surface area contributed by atoms with Crippen LogP contribution in [0.25, 0.3) is 0 Å². The molecule has 2 aliphatic heterocycles. The van der Waals surface area contributed by atoms with Crippen LogP contribution in [0.3, 0.4) is 0 Å². The maximum atomic E-state index is 5.27. The van der Waals surface area contributed by atoms with Gasteiger partial charge in [0, 0.05) is 11.8 Å². The number of nitrogens with one attached hydrogen (secondary N) is 1. The Bertz CT molecular complexity index is 266. The molecule has 0 aromatic rings. The first-order valence-electron chi connectivity index (χ1n) is 4.89. The minimum Gasteiger partial charge on any atom is -0.392 e. The second-order valence-corrected chi connectivity index (χ2v) is 4.51. The van der Waals surface area contributed by atoms with Crippen molar-refractivity contribution in [1.29, 1.82) is 0 Å². The van der Waals surface area contributed by atoms with Crippen LogP contribution in [0.15, 0.2) is 5.16 Å². The van der Waals surface area contributed by atoms with E-state index in [1.807, 2.05) is 0 Å². The lowest BCUT2D eigenvalue weighted by molar-refractivity contribution is 0.140. The SMILES string of the molecule is C1C2ON=C(C3[C@H]4CNC[C@@H]34)C12. The molecule has 0 amide bonds. The van der Waals surface area contributed by atoms with Gasteiger partial charge in [-0.05, 0) is 31.3 Å². The van der Waals surface area contributed by atoms with E-state index >= 15 is 0 Å². The molecule has 12 heavy (non-hydrogen) atoms. The fourth-order valence-electron chi connectivity index (χ4n) is 2.96. The summed E-state index contributed by atoms with van der Waals surface area (Å²) in [6, 6.07) is 0. The molecule has 4 rings (SSSR count). The first-order valence-corrected chi connectivity index (χ1v) is 4.89. The second-order valence-electron chi connectivity index (χ2n) is 4.51. The van der Waals surface area contributed by atoms with Crippen LogP contribution in [-0.2, 0) is 4.84 Å². The fourth-order valence-corrected chi connectivity index (χ4v) is 2.96. The largest absolute Gasteiger partial charge is 0.392 e. The van der Waals surface area contributed by atoms with E-state index < -0.39 is 0 Å². The highest BCUT2D eigenvalue weighted by atomic mass is 16.7. The molecule has 0 spiro atoms. The maximum Gasteiger partial charge on any atom is 0.136 e. The molecule has 3 unspecified atom stereocenters. The van der Waals surface area contributed by atoms with E-state index in [0.29, 0.717) is 6.10 Å². The van der Waals surface area contributed by atoms with E-state index in [9.17, 15) is 0 Å². The van der Waals surface area contributed by atoms with E-state index in [1.165, 1.54) is 25.2 Å². The van der Waals surface area contributed by atoms with Gasteiger partial charge in [0.2, 0.25) is 0 Å². The van der Waals surface area contributed by atoms with E-state index in [4.69, 9.17) is 4.84 Å². The van der Waals surface area contributed by atoms with Crippen molar-refractivity contribution in [2.45, 2.75) is 12.5 Å². The highest BCUT2D eigenvalue weighted by Gasteiger charge is 2.62. The molecule has 2 heterocycles. The molecule has 2 saturated carbocycles. The highest BCUT2D eigenvalue weighted by Crippen LogP contribution is 2.56. The Morgan fingerprint density at radius 2 is 2.17 bits per heavy atom. The van der Waals surface area contributed by atoms with Gasteiger partial charge in [-0.3, -0.25) is 0 Å².